The van der Waals surface area contributed by atoms with Gasteiger partial charge in [0.1, 0.15) is 17.5 Å². The standard InChI is InChI=1S/C24H22FN5O2/c1-15-7-10-21(27-14-15)29-24(32)18-5-2-3-6-20(18)28-23(31)17-9-8-16(13-19(17)25)22(26)30-11-4-12-30/h2-3,5-10,13-14,26H,4,11-12H2,1H3,(H,28,31)(H,27,29,32). The molecule has 1 fully saturated rings. The Bertz CT molecular complexity index is 1190. The van der Waals surface area contributed by atoms with E-state index in [1.54, 1.807) is 42.6 Å². The molecule has 162 valence electrons. The summed E-state index contributed by atoms with van der Waals surface area (Å²) >= 11 is 0. The number of carbonyl (C=O) groups excluding carboxylic acids is 2. The van der Waals surface area contributed by atoms with Crippen LogP contribution in [0.5, 0.6) is 0 Å². The Morgan fingerprint density at radius 3 is 2.41 bits per heavy atom. The molecule has 2 heterocycles. The molecular weight excluding hydrogens is 409 g/mol. The van der Waals surface area contributed by atoms with Crippen LogP contribution in [0.1, 0.15) is 38.3 Å². The minimum absolute atomic E-state index is 0.166. The van der Waals surface area contributed by atoms with Crippen LogP contribution in [0.25, 0.3) is 0 Å². The van der Waals surface area contributed by atoms with E-state index in [2.05, 4.69) is 15.6 Å². The van der Waals surface area contributed by atoms with Gasteiger partial charge in [-0.25, -0.2) is 9.37 Å². The molecular formula is C24H22FN5O2. The Morgan fingerprint density at radius 1 is 1.00 bits per heavy atom. The number of aromatic nitrogens is 1. The van der Waals surface area contributed by atoms with E-state index in [0.29, 0.717) is 11.4 Å². The fourth-order valence-corrected chi connectivity index (χ4v) is 3.27. The normalized spacial score (nSPS) is 12.6. The molecule has 3 aromatic rings. The Balaban J connectivity index is 1.50. The minimum atomic E-state index is -0.726. The summed E-state index contributed by atoms with van der Waals surface area (Å²) in [6, 6.07) is 14.1. The van der Waals surface area contributed by atoms with E-state index in [-0.39, 0.29) is 22.6 Å². The molecule has 7 nitrogen and oxygen atoms in total. The predicted octanol–water partition coefficient (Wildman–Crippen LogP) is 4.06. The van der Waals surface area contributed by atoms with E-state index < -0.39 is 17.6 Å². The molecule has 0 bridgehead atoms. The molecule has 0 spiro atoms. The highest BCUT2D eigenvalue weighted by Crippen LogP contribution is 2.20. The summed E-state index contributed by atoms with van der Waals surface area (Å²) in [6.45, 7) is 3.45. The lowest BCUT2D eigenvalue weighted by Gasteiger charge is -2.33. The van der Waals surface area contributed by atoms with E-state index in [1.807, 2.05) is 17.9 Å². The number of hydrogen-bond donors (Lipinski definition) is 3. The first-order valence-corrected chi connectivity index (χ1v) is 10.2. The van der Waals surface area contributed by atoms with Crippen molar-refractivity contribution in [1.29, 1.82) is 5.41 Å². The zero-order valence-electron chi connectivity index (χ0n) is 17.5. The maximum atomic E-state index is 14.7. The zero-order valence-corrected chi connectivity index (χ0v) is 17.5. The molecule has 1 aliphatic heterocycles. The van der Waals surface area contributed by atoms with Crippen LogP contribution in [0, 0.1) is 18.2 Å². The Kier molecular flexibility index (Phi) is 5.93. The predicted molar refractivity (Wildman–Crippen MR) is 121 cm³/mol. The van der Waals surface area contributed by atoms with Crippen LogP contribution < -0.4 is 10.6 Å². The summed E-state index contributed by atoms with van der Waals surface area (Å²) in [5.74, 6) is -1.23. The third-order valence-corrected chi connectivity index (χ3v) is 5.23. The minimum Gasteiger partial charge on any atom is -0.356 e. The summed E-state index contributed by atoms with van der Waals surface area (Å²) in [5.41, 5.74) is 1.69. The number of amidine groups is 1. The molecule has 0 unspecified atom stereocenters. The van der Waals surface area contributed by atoms with Gasteiger partial charge in [-0.2, -0.15) is 0 Å². The van der Waals surface area contributed by atoms with Crippen molar-refractivity contribution in [2.24, 2.45) is 0 Å². The zero-order chi connectivity index (χ0) is 22.7. The molecule has 1 saturated heterocycles. The van der Waals surface area contributed by atoms with Gasteiger partial charge >= 0.3 is 0 Å². The maximum Gasteiger partial charge on any atom is 0.258 e. The van der Waals surface area contributed by atoms with E-state index in [9.17, 15) is 14.0 Å². The summed E-state index contributed by atoms with van der Waals surface area (Å²) in [6.07, 6.45) is 2.65. The number of amides is 2. The van der Waals surface area contributed by atoms with Gasteiger partial charge in [0.15, 0.2) is 0 Å². The Morgan fingerprint density at radius 2 is 1.75 bits per heavy atom. The van der Waals surface area contributed by atoms with E-state index in [0.717, 1.165) is 25.1 Å². The van der Waals surface area contributed by atoms with Crippen molar-refractivity contribution in [2.45, 2.75) is 13.3 Å². The number of hydrogen-bond acceptors (Lipinski definition) is 4. The number of nitrogens with one attached hydrogen (secondary N) is 3. The average Bonchev–Trinajstić information content (AvgIpc) is 2.74. The van der Waals surface area contributed by atoms with Gasteiger partial charge in [0, 0.05) is 24.8 Å². The van der Waals surface area contributed by atoms with Crippen LogP contribution in [0.2, 0.25) is 0 Å². The molecule has 0 saturated carbocycles. The summed E-state index contributed by atoms with van der Waals surface area (Å²) in [4.78, 5) is 31.4. The van der Waals surface area contributed by atoms with Gasteiger partial charge in [-0.05, 0) is 49.2 Å². The van der Waals surface area contributed by atoms with Crippen molar-refractivity contribution in [2.75, 3.05) is 23.7 Å². The van der Waals surface area contributed by atoms with Crippen molar-refractivity contribution in [3.63, 3.8) is 0 Å². The van der Waals surface area contributed by atoms with Crippen LogP contribution in [-0.2, 0) is 0 Å². The highest BCUT2D eigenvalue weighted by atomic mass is 19.1. The third kappa shape index (κ3) is 4.49. The summed E-state index contributed by atoms with van der Waals surface area (Å²) < 4.78 is 14.7. The molecule has 0 radical (unpaired) electrons. The monoisotopic (exact) mass is 431 g/mol. The van der Waals surface area contributed by atoms with Crippen molar-refractivity contribution in [3.05, 3.63) is 88.9 Å². The summed E-state index contributed by atoms with van der Waals surface area (Å²) in [7, 11) is 0. The fourth-order valence-electron chi connectivity index (χ4n) is 3.27. The van der Waals surface area contributed by atoms with Gasteiger partial charge in [0.25, 0.3) is 11.8 Å². The van der Waals surface area contributed by atoms with Gasteiger partial charge < -0.3 is 15.5 Å². The van der Waals surface area contributed by atoms with Crippen LogP contribution in [-0.4, -0.2) is 40.6 Å². The van der Waals surface area contributed by atoms with Gasteiger partial charge in [-0.3, -0.25) is 15.0 Å². The number of pyridine rings is 1. The average molecular weight is 431 g/mol. The quantitative estimate of drug-likeness (QED) is 0.419. The SMILES string of the molecule is Cc1ccc(NC(=O)c2ccccc2NC(=O)c2ccc(C(=N)N3CCC3)cc2F)nc1. The molecule has 2 aromatic carbocycles. The van der Waals surface area contributed by atoms with E-state index in [1.165, 1.54) is 12.1 Å². The van der Waals surface area contributed by atoms with Gasteiger partial charge in [0.2, 0.25) is 0 Å². The second kappa shape index (κ2) is 8.97. The number of rotatable bonds is 5. The lowest BCUT2D eigenvalue weighted by atomic mass is 10.1. The fraction of sp³-hybridized carbons (Fsp3) is 0.167. The molecule has 8 heteroatoms. The Labute approximate surface area is 184 Å². The van der Waals surface area contributed by atoms with Crippen molar-refractivity contribution in [1.82, 2.24) is 9.88 Å². The van der Waals surface area contributed by atoms with Crippen molar-refractivity contribution < 1.29 is 14.0 Å². The molecule has 4 rings (SSSR count). The van der Waals surface area contributed by atoms with Crippen LogP contribution in [0.4, 0.5) is 15.9 Å². The number of aryl methyl sites for hydroxylation is 1. The second-order valence-corrected chi connectivity index (χ2v) is 7.56. The highest BCUT2D eigenvalue weighted by Gasteiger charge is 2.21. The van der Waals surface area contributed by atoms with Gasteiger partial charge in [0.05, 0.1) is 16.8 Å². The largest absolute Gasteiger partial charge is 0.356 e. The van der Waals surface area contributed by atoms with Gasteiger partial charge in [-0.1, -0.05) is 24.3 Å². The van der Waals surface area contributed by atoms with Crippen molar-refractivity contribution >= 4 is 29.2 Å². The number of halogens is 1. The van der Waals surface area contributed by atoms with E-state index >= 15 is 0 Å². The molecule has 2 amide bonds. The lowest BCUT2D eigenvalue weighted by Crippen LogP contribution is -2.42. The van der Waals surface area contributed by atoms with Crippen LogP contribution in [0.15, 0.2) is 60.8 Å². The molecule has 0 aliphatic carbocycles. The number of anilines is 2. The molecule has 32 heavy (non-hydrogen) atoms. The number of carbonyl (C=O) groups is 2. The maximum absolute atomic E-state index is 14.7. The van der Waals surface area contributed by atoms with Crippen molar-refractivity contribution in [3.8, 4) is 0 Å². The van der Waals surface area contributed by atoms with Gasteiger partial charge in [-0.15, -0.1) is 0 Å². The van der Waals surface area contributed by atoms with Crippen LogP contribution in [0.3, 0.4) is 0 Å². The number of nitrogens with zero attached hydrogens (tertiary/aromatic N) is 2. The smallest absolute Gasteiger partial charge is 0.258 e. The first kappa shape index (κ1) is 21.2. The number of para-hydroxylation sites is 1. The Hall–Kier alpha value is -4.07. The number of likely N-dealkylation sites (tertiary alicyclic amines) is 1. The van der Waals surface area contributed by atoms with Crippen LogP contribution >= 0.6 is 0 Å². The molecule has 0 atom stereocenters. The van der Waals surface area contributed by atoms with E-state index in [4.69, 9.17) is 5.41 Å². The molecule has 3 N–H and O–H groups in total. The molecule has 1 aliphatic rings. The topological polar surface area (TPSA) is 98.2 Å². The second-order valence-electron chi connectivity index (χ2n) is 7.56. The first-order valence-electron chi connectivity index (χ1n) is 10.2. The first-order chi connectivity index (χ1) is 15.4. The highest BCUT2D eigenvalue weighted by molar-refractivity contribution is 6.12. The number of benzene rings is 2. The summed E-state index contributed by atoms with van der Waals surface area (Å²) in [5, 5.41) is 13.4. The third-order valence-electron chi connectivity index (χ3n) is 5.23. The molecule has 1 aromatic heterocycles. The lowest BCUT2D eigenvalue weighted by molar-refractivity contribution is 0.102.